The number of alkyl halides is 3. The Bertz CT molecular complexity index is 1060. The Morgan fingerprint density at radius 2 is 1.86 bits per heavy atom. The minimum atomic E-state index is -4.46. The van der Waals surface area contributed by atoms with Crippen molar-refractivity contribution in [2.24, 2.45) is 0 Å². The van der Waals surface area contributed by atoms with E-state index < -0.39 is 27.5 Å². The minimum Gasteiger partial charge on any atom is -0.261 e. The molecule has 1 N–H and O–H groups in total. The number of nitrogens with one attached hydrogen (secondary N) is 1. The van der Waals surface area contributed by atoms with Crippen molar-refractivity contribution >= 4 is 21.4 Å². The van der Waals surface area contributed by atoms with E-state index in [0.29, 0.717) is 0 Å². The zero-order chi connectivity index (χ0) is 21.2. The first kappa shape index (κ1) is 21.5. The van der Waals surface area contributed by atoms with Crippen molar-refractivity contribution in [3.8, 4) is 0 Å². The lowest BCUT2D eigenvalue weighted by Crippen LogP contribution is -2.32. The second-order valence-corrected chi connectivity index (χ2v) is 9.33. The highest BCUT2D eigenvalue weighted by atomic mass is 32.2. The maximum atomic E-state index is 12.7. The van der Waals surface area contributed by atoms with E-state index in [0.717, 1.165) is 29.1 Å². The van der Waals surface area contributed by atoms with Crippen LogP contribution in [0.2, 0.25) is 0 Å². The van der Waals surface area contributed by atoms with Gasteiger partial charge in [0.05, 0.1) is 23.1 Å². The lowest BCUT2D eigenvalue weighted by Gasteiger charge is -2.19. The molecule has 2 heterocycles. The first-order valence-electron chi connectivity index (χ1n) is 8.73. The van der Waals surface area contributed by atoms with Crippen LogP contribution in [0.3, 0.4) is 0 Å². The van der Waals surface area contributed by atoms with Crippen LogP contribution in [-0.4, -0.2) is 24.7 Å². The van der Waals surface area contributed by atoms with Gasteiger partial charge in [-0.3, -0.25) is 4.68 Å². The monoisotopic (exact) mass is 443 g/mol. The standard InChI is InChI=1S/C19H20F3N3O2S2/c1-13-9-14(2)25(24-13)18(16-7-8-28-11-16)10-23-29(26,27)12-15-3-5-17(6-4-15)19(20,21)22/h3-9,11,18,23H,10,12H2,1-2H3/t18-/m1/s1. The van der Waals surface area contributed by atoms with Gasteiger partial charge in [0.15, 0.2) is 0 Å². The van der Waals surface area contributed by atoms with E-state index in [-0.39, 0.29) is 18.2 Å². The predicted molar refractivity (Wildman–Crippen MR) is 106 cm³/mol. The number of sulfonamides is 1. The molecule has 0 saturated heterocycles. The van der Waals surface area contributed by atoms with E-state index in [4.69, 9.17) is 0 Å². The summed E-state index contributed by atoms with van der Waals surface area (Å²) >= 11 is 1.50. The van der Waals surface area contributed by atoms with Gasteiger partial charge in [-0.2, -0.15) is 29.6 Å². The smallest absolute Gasteiger partial charge is 0.261 e. The zero-order valence-electron chi connectivity index (χ0n) is 15.8. The second-order valence-electron chi connectivity index (χ2n) is 6.75. The summed E-state index contributed by atoms with van der Waals surface area (Å²) in [6.45, 7) is 3.85. The van der Waals surface area contributed by atoms with Gasteiger partial charge in [-0.05, 0) is 60.0 Å². The van der Waals surface area contributed by atoms with Gasteiger partial charge >= 0.3 is 6.18 Å². The van der Waals surface area contributed by atoms with Crippen molar-refractivity contribution in [1.29, 1.82) is 0 Å². The van der Waals surface area contributed by atoms with Gasteiger partial charge in [-0.15, -0.1) is 0 Å². The topological polar surface area (TPSA) is 64.0 Å². The number of benzene rings is 1. The summed E-state index contributed by atoms with van der Waals surface area (Å²) in [7, 11) is -3.75. The van der Waals surface area contributed by atoms with Crippen molar-refractivity contribution in [2.45, 2.75) is 31.8 Å². The summed E-state index contributed by atoms with van der Waals surface area (Å²) in [5.41, 5.74) is 2.13. The molecule has 0 bridgehead atoms. The van der Waals surface area contributed by atoms with Crippen LogP contribution >= 0.6 is 11.3 Å². The fraction of sp³-hybridized carbons (Fsp3) is 0.316. The zero-order valence-corrected chi connectivity index (χ0v) is 17.4. The van der Waals surface area contributed by atoms with E-state index in [1.54, 1.807) is 4.68 Å². The maximum Gasteiger partial charge on any atom is 0.416 e. The number of hydrogen-bond acceptors (Lipinski definition) is 4. The van der Waals surface area contributed by atoms with Gasteiger partial charge in [-0.1, -0.05) is 12.1 Å². The average molecular weight is 444 g/mol. The van der Waals surface area contributed by atoms with Gasteiger partial charge in [-0.25, -0.2) is 13.1 Å². The highest BCUT2D eigenvalue weighted by Gasteiger charge is 2.30. The molecule has 3 aromatic rings. The van der Waals surface area contributed by atoms with Gasteiger partial charge in [0.25, 0.3) is 0 Å². The van der Waals surface area contributed by atoms with Gasteiger partial charge in [0.1, 0.15) is 0 Å². The van der Waals surface area contributed by atoms with Crippen LogP contribution in [0.5, 0.6) is 0 Å². The molecule has 29 heavy (non-hydrogen) atoms. The Morgan fingerprint density at radius 1 is 1.17 bits per heavy atom. The van der Waals surface area contributed by atoms with E-state index in [2.05, 4.69) is 9.82 Å². The summed E-state index contributed by atoms with van der Waals surface area (Å²) in [5.74, 6) is -0.404. The quantitative estimate of drug-likeness (QED) is 0.593. The summed E-state index contributed by atoms with van der Waals surface area (Å²) in [5, 5.41) is 8.31. The SMILES string of the molecule is Cc1cc(C)n([C@H](CNS(=O)(=O)Cc2ccc(C(F)(F)F)cc2)c2ccsc2)n1. The largest absolute Gasteiger partial charge is 0.416 e. The normalized spacial score (nSPS) is 13.6. The van der Waals surface area contributed by atoms with E-state index in [9.17, 15) is 21.6 Å². The maximum absolute atomic E-state index is 12.7. The van der Waals surface area contributed by atoms with Gasteiger partial charge in [0.2, 0.25) is 10.0 Å². The Morgan fingerprint density at radius 3 is 2.38 bits per heavy atom. The highest BCUT2D eigenvalue weighted by Crippen LogP contribution is 2.29. The average Bonchev–Trinajstić information content (AvgIpc) is 3.25. The Hall–Kier alpha value is -2.17. The molecule has 0 amide bonds. The van der Waals surface area contributed by atoms with Crippen LogP contribution in [0.15, 0.2) is 47.2 Å². The summed E-state index contributed by atoms with van der Waals surface area (Å²) in [4.78, 5) is 0. The Kier molecular flexibility index (Phi) is 6.16. The van der Waals surface area contributed by atoms with Crippen LogP contribution in [0.1, 0.15) is 34.1 Å². The number of aromatic nitrogens is 2. The molecule has 0 spiro atoms. The van der Waals surface area contributed by atoms with Crippen molar-refractivity contribution in [2.75, 3.05) is 6.54 Å². The summed E-state index contributed by atoms with van der Waals surface area (Å²) < 4.78 is 67.4. The number of thiophene rings is 1. The number of halogens is 3. The predicted octanol–water partition coefficient (Wildman–Crippen LogP) is 4.29. The first-order chi connectivity index (χ1) is 13.5. The number of aryl methyl sites for hydroxylation is 2. The highest BCUT2D eigenvalue weighted by molar-refractivity contribution is 7.88. The molecule has 0 unspecified atom stereocenters. The van der Waals surface area contributed by atoms with Crippen molar-refractivity contribution in [1.82, 2.24) is 14.5 Å². The molecule has 5 nitrogen and oxygen atoms in total. The van der Waals surface area contributed by atoms with Crippen molar-refractivity contribution in [3.05, 3.63) is 75.2 Å². The lowest BCUT2D eigenvalue weighted by atomic mass is 10.1. The Labute approximate surface area is 171 Å². The summed E-state index contributed by atoms with van der Waals surface area (Å²) in [6, 6.07) is 7.63. The Balaban J connectivity index is 1.74. The van der Waals surface area contributed by atoms with Crippen LogP contribution in [0.25, 0.3) is 0 Å². The second kappa shape index (κ2) is 8.29. The fourth-order valence-corrected chi connectivity index (χ4v) is 4.89. The molecule has 3 rings (SSSR count). The third-order valence-corrected chi connectivity index (χ3v) is 6.42. The molecule has 10 heteroatoms. The van der Waals surface area contributed by atoms with E-state index in [1.165, 1.54) is 23.5 Å². The van der Waals surface area contributed by atoms with Gasteiger partial charge in [0, 0.05) is 12.2 Å². The lowest BCUT2D eigenvalue weighted by molar-refractivity contribution is -0.137. The molecule has 156 valence electrons. The van der Waals surface area contributed by atoms with Crippen LogP contribution in [-0.2, 0) is 22.0 Å². The molecule has 1 atom stereocenters. The minimum absolute atomic E-state index is 0.0850. The van der Waals surface area contributed by atoms with Crippen LogP contribution in [0, 0.1) is 13.8 Å². The third kappa shape index (κ3) is 5.46. The van der Waals surface area contributed by atoms with Crippen LogP contribution in [0.4, 0.5) is 13.2 Å². The molecule has 0 saturated carbocycles. The number of rotatable bonds is 7. The van der Waals surface area contributed by atoms with E-state index in [1.807, 2.05) is 36.7 Å². The van der Waals surface area contributed by atoms with Crippen molar-refractivity contribution < 1.29 is 21.6 Å². The molecular formula is C19H20F3N3O2S2. The molecule has 0 aliphatic heterocycles. The molecule has 0 aliphatic rings. The van der Waals surface area contributed by atoms with Crippen LogP contribution < -0.4 is 4.72 Å². The molecule has 2 aromatic heterocycles. The molecule has 0 fully saturated rings. The molecule has 1 aromatic carbocycles. The molecule has 0 radical (unpaired) electrons. The number of hydrogen-bond donors (Lipinski definition) is 1. The molecule has 0 aliphatic carbocycles. The first-order valence-corrected chi connectivity index (χ1v) is 11.3. The van der Waals surface area contributed by atoms with Crippen molar-refractivity contribution in [3.63, 3.8) is 0 Å². The third-order valence-electron chi connectivity index (χ3n) is 4.40. The fourth-order valence-electron chi connectivity index (χ4n) is 3.04. The van der Waals surface area contributed by atoms with E-state index >= 15 is 0 Å². The summed E-state index contributed by atoms with van der Waals surface area (Å²) in [6.07, 6.45) is -4.46. The number of nitrogens with zero attached hydrogens (tertiary/aromatic N) is 2. The molecular weight excluding hydrogens is 423 g/mol. The van der Waals surface area contributed by atoms with Gasteiger partial charge < -0.3 is 0 Å².